The van der Waals surface area contributed by atoms with Crippen molar-refractivity contribution in [1.29, 1.82) is 0 Å². The van der Waals surface area contributed by atoms with Gasteiger partial charge in [-0.3, -0.25) is 4.90 Å². The van der Waals surface area contributed by atoms with Gasteiger partial charge in [0.2, 0.25) is 0 Å². The van der Waals surface area contributed by atoms with E-state index in [-0.39, 0.29) is 10.3 Å². The molecule has 3 rings (SSSR count). The van der Waals surface area contributed by atoms with E-state index in [1.807, 2.05) is 30.3 Å². The van der Waals surface area contributed by atoms with Crippen molar-refractivity contribution in [2.24, 2.45) is 0 Å². The van der Waals surface area contributed by atoms with Crippen molar-refractivity contribution in [1.82, 2.24) is 9.62 Å². The van der Waals surface area contributed by atoms with E-state index in [1.54, 1.807) is 6.07 Å². The van der Waals surface area contributed by atoms with E-state index in [0.29, 0.717) is 24.1 Å². The monoisotopic (exact) mass is 386 g/mol. The standard InChI is InChI=1S/C16H19ClN2O3S2/c17-15-6-7-16(23-15)24(20,21)18-14(13-4-2-1-3-5-13)12-19-8-10-22-11-9-19/h1-7,14,18H,8-12H2/t14-/m1/s1. The van der Waals surface area contributed by atoms with Gasteiger partial charge in [-0.25, -0.2) is 13.1 Å². The topological polar surface area (TPSA) is 58.6 Å². The summed E-state index contributed by atoms with van der Waals surface area (Å²) in [6, 6.07) is 12.4. The summed E-state index contributed by atoms with van der Waals surface area (Å²) in [5.41, 5.74) is 0.940. The van der Waals surface area contributed by atoms with E-state index in [1.165, 1.54) is 6.07 Å². The normalized spacial score (nSPS) is 17.7. The molecule has 0 saturated carbocycles. The largest absolute Gasteiger partial charge is 0.379 e. The molecule has 0 spiro atoms. The summed E-state index contributed by atoms with van der Waals surface area (Å²) in [5.74, 6) is 0. The number of benzene rings is 1. The number of ether oxygens (including phenoxy) is 1. The van der Waals surface area contributed by atoms with Crippen molar-refractivity contribution in [3.05, 3.63) is 52.4 Å². The Balaban J connectivity index is 1.81. The molecule has 0 radical (unpaired) electrons. The molecule has 1 aromatic carbocycles. The van der Waals surface area contributed by atoms with Gasteiger partial charge < -0.3 is 4.74 Å². The second-order valence-corrected chi connectivity index (χ2v) is 9.21. The zero-order chi connectivity index (χ0) is 17.0. The molecule has 24 heavy (non-hydrogen) atoms. The van der Waals surface area contributed by atoms with Gasteiger partial charge in [-0.2, -0.15) is 0 Å². The van der Waals surface area contributed by atoms with Crippen molar-refractivity contribution < 1.29 is 13.2 Å². The second kappa shape index (κ2) is 7.95. The summed E-state index contributed by atoms with van der Waals surface area (Å²) in [6.07, 6.45) is 0. The van der Waals surface area contributed by atoms with Gasteiger partial charge in [0.05, 0.1) is 23.6 Å². The Morgan fingerprint density at radius 3 is 2.50 bits per heavy atom. The number of hydrogen-bond acceptors (Lipinski definition) is 5. The lowest BCUT2D eigenvalue weighted by Crippen LogP contribution is -2.43. The number of morpholine rings is 1. The van der Waals surface area contributed by atoms with Crippen LogP contribution in [0.5, 0.6) is 0 Å². The van der Waals surface area contributed by atoms with Gasteiger partial charge in [0.1, 0.15) is 4.21 Å². The van der Waals surface area contributed by atoms with Crippen molar-refractivity contribution in [3.63, 3.8) is 0 Å². The highest BCUT2D eigenvalue weighted by Gasteiger charge is 2.25. The molecule has 5 nitrogen and oxygen atoms in total. The van der Waals surface area contributed by atoms with Crippen molar-refractivity contribution in [2.45, 2.75) is 10.3 Å². The average Bonchev–Trinajstić information content (AvgIpc) is 3.03. The highest BCUT2D eigenvalue weighted by atomic mass is 35.5. The molecular weight excluding hydrogens is 368 g/mol. The first kappa shape index (κ1) is 17.8. The molecule has 0 amide bonds. The minimum atomic E-state index is -3.61. The van der Waals surface area contributed by atoms with Gasteiger partial charge >= 0.3 is 0 Å². The van der Waals surface area contributed by atoms with Crippen LogP contribution in [0.1, 0.15) is 11.6 Å². The summed E-state index contributed by atoms with van der Waals surface area (Å²) < 4.78 is 34.2. The van der Waals surface area contributed by atoms with Gasteiger partial charge in [-0.15, -0.1) is 11.3 Å². The first-order valence-electron chi connectivity index (χ1n) is 7.67. The first-order chi connectivity index (χ1) is 11.5. The number of nitrogens with zero attached hydrogens (tertiary/aromatic N) is 1. The van der Waals surface area contributed by atoms with Crippen molar-refractivity contribution in [2.75, 3.05) is 32.8 Å². The maximum atomic E-state index is 12.7. The van der Waals surface area contributed by atoms with Gasteiger partial charge in [-0.05, 0) is 17.7 Å². The Morgan fingerprint density at radius 1 is 1.17 bits per heavy atom. The Hall–Kier alpha value is -0.960. The van der Waals surface area contributed by atoms with Crippen LogP contribution in [0.25, 0.3) is 0 Å². The van der Waals surface area contributed by atoms with Crippen LogP contribution >= 0.6 is 22.9 Å². The number of hydrogen-bond donors (Lipinski definition) is 1. The van der Waals surface area contributed by atoms with E-state index in [2.05, 4.69) is 9.62 Å². The molecule has 2 aromatic rings. The lowest BCUT2D eigenvalue weighted by molar-refractivity contribution is 0.0345. The number of halogens is 1. The van der Waals surface area contributed by atoms with Crippen LogP contribution in [0.15, 0.2) is 46.7 Å². The third-order valence-electron chi connectivity index (χ3n) is 3.86. The van der Waals surface area contributed by atoms with Crippen LogP contribution in [0.4, 0.5) is 0 Å². The zero-order valence-corrected chi connectivity index (χ0v) is 15.4. The number of sulfonamides is 1. The maximum Gasteiger partial charge on any atom is 0.250 e. The van der Waals surface area contributed by atoms with Crippen LogP contribution in [0, 0.1) is 0 Å². The van der Waals surface area contributed by atoms with Crippen LogP contribution in [-0.4, -0.2) is 46.2 Å². The minimum Gasteiger partial charge on any atom is -0.379 e. The van der Waals surface area contributed by atoms with Crippen LogP contribution in [0.3, 0.4) is 0 Å². The van der Waals surface area contributed by atoms with E-state index >= 15 is 0 Å². The molecule has 130 valence electrons. The highest BCUT2D eigenvalue weighted by Crippen LogP contribution is 2.27. The summed E-state index contributed by atoms with van der Waals surface area (Å²) in [4.78, 5) is 2.21. The van der Waals surface area contributed by atoms with E-state index in [9.17, 15) is 8.42 Å². The summed E-state index contributed by atoms with van der Waals surface area (Å²) >= 11 is 6.94. The third kappa shape index (κ3) is 4.56. The Morgan fingerprint density at radius 2 is 1.88 bits per heavy atom. The molecule has 1 aromatic heterocycles. The molecular formula is C16H19ClN2O3S2. The molecule has 1 aliphatic heterocycles. The predicted octanol–water partition coefficient (Wildman–Crippen LogP) is 2.75. The van der Waals surface area contributed by atoms with Crippen LogP contribution < -0.4 is 4.72 Å². The molecule has 1 aliphatic rings. The lowest BCUT2D eigenvalue weighted by atomic mass is 10.1. The fraction of sp³-hybridized carbons (Fsp3) is 0.375. The highest BCUT2D eigenvalue weighted by molar-refractivity contribution is 7.91. The van der Waals surface area contributed by atoms with E-state index in [4.69, 9.17) is 16.3 Å². The van der Waals surface area contributed by atoms with Crippen LogP contribution in [-0.2, 0) is 14.8 Å². The number of rotatable bonds is 6. The zero-order valence-electron chi connectivity index (χ0n) is 13.0. The number of thiophene rings is 1. The van der Waals surface area contributed by atoms with Crippen molar-refractivity contribution >= 4 is 33.0 Å². The molecule has 1 atom stereocenters. The third-order valence-corrected chi connectivity index (χ3v) is 7.05. The van der Waals surface area contributed by atoms with Crippen molar-refractivity contribution in [3.8, 4) is 0 Å². The minimum absolute atomic E-state index is 0.232. The molecule has 1 N–H and O–H groups in total. The fourth-order valence-electron chi connectivity index (χ4n) is 2.63. The van der Waals surface area contributed by atoms with Gasteiger partial charge in [0, 0.05) is 19.6 Å². The predicted molar refractivity (Wildman–Crippen MR) is 96.1 cm³/mol. The maximum absolute atomic E-state index is 12.7. The molecule has 1 saturated heterocycles. The summed E-state index contributed by atoms with van der Waals surface area (Å²) in [5, 5.41) is 0. The molecule has 0 aliphatic carbocycles. The molecule has 8 heteroatoms. The Labute approximate surface area is 151 Å². The van der Waals surface area contributed by atoms with E-state index in [0.717, 1.165) is 30.0 Å². The van der Waals surface area contributed by atoms with Gasteiger partial charge in [0.15, 0.2) is 0 Å². The quantitative estimate of drug-likeness (QED) is 0.829. The Bertz CT molecular complexity index is 759. The van der Waals surface area contributed by atoms with Gasteiger partial charge in [-0.1, -0.05) is 41.9 Å². The summed E-state index contributed by atoms with van der Waals surface area (Å²) in [6.45, 7) is 3.56. The summed E-state index contributed by atoms with van der Waals surface area (Å²) in [7, 11) is -3.61. The smallest absolute Gasteiger partial charge is 0.250 e. The Kier molecular flexibility index (Phi) is 5.91. The second-order valence-electron chi connectivity index (χ2n) is 5.56. The number of nitrogens with one attached hydrogen (secondary N) is 1. The molecule has 0 bridgehead atoms. The van der Waals surface area contributed by atoms with Crippen LogP contribution in [0.2, 0.25) is 4.34 Å². The SMILES string of the molecule is O=S(=O)(N[C@H](CN1CCOCC1)c1ccccc1)c1ccc(Cl)s1. The van der Waals surface area contributed by atoms with Gasteiger partial charge in [0.25, 0.3) is 10.0 Å². The first-order valence-corrected chi connectivity index (χ1v) is 10.3. The fourth-order valence-corrected chi connectivity index (χ4v) is 5.34. The molecule has 2 heterocycles. The lowest BCUT2D eigenvalue weighted by Gasteiger charge is -2.30. The van der Waals surface area contributed by atoms with E-state index < -0.39 is 10.0 Å². The average molecular weight is 387 g/mol. The molecule has 1 fully saturated rings. The molecule has 0 unspecified atom stereocenters.